The maximum atomic E-state index is 12.2. The Morgan fingerprint density at radius 3 is 2.70 bits per heavy atom. The first-order valence-corrected chi connectivity index (χ1v) is 7.22. The highest BCUT2D eigenvalue weighted by atomic mass is 16.6. The topological polar surface area (TPSA) is 69.4 Å². The van der Waals surface area contributed by atoms with E-state index in [-0.39, 0.29) is 17.0 Å². The Bertz CT molecular complexity index is 765. The summed E-state index contributed by atoms with van der Waals surface area (Å²) < 4.78 is 5.49. The number of ether oxygens (including phenoxy) is 1. The molecule has 0 aliphatic rings. The normalized spacial score (nSPS) is 10.7. The Labute approximate surface area is 134 Å². The predicted octanol–water partition coefficient (Wildman–Crippen LogP) is 4.20. The third-order valence-corrected chi connectivity index (χ3v) is 3.32. The summed E-state index contributed by atoms with van der Waals surface area (Å²) in [7, 11) is 0. The highest BCUT2D eigenvalue weighted by molar-refractivity contribution is 6.07. The molecule has 2 aromatic carbocycles. The molecule has 0 unspecified atom stereocenters. The number of benzene rings is 2. The van der Waals surface area contributed by atoms with E-state index in [9.17, 15) is 14.9 Å². The van der Waals surface area contributed by atoms with Crippen LogP contribution in [0.2, 0.25) is 0 Å². The molecule has 23 heavy (non-hydrogen) atoms. The lowest BCUT2D eigenvalue weighted by molar-refractivity contribution is -0.385. The van der Waals surface area contributed by atoms with Crippen molar-refractivity contribution in [1.29, 1.82) is 0 Å². The van der Waals surface area contributed by atoms with Gasteiger partial charge in [-0.15, -0.1) is 0 Å². The number of allylic oxidation sites excluding steroid dienone is 1. The first-order valence-electron chi connectivity index (χ1n) is 7.22. The Morgan fingerprint density at radius 1 is 1.26 bits per heavy atom. The standard InChI is InChI=1S/C18H17NO4/c1-3-23-18-7-5-4-6-14(18)10-11-17(20)15-9-8-13(2)16(12-15)19(21)22/h4-12H,3H2,1-2H3/b11-10+. The number of hydrogen-bond acceptors (Lipinski definition) is 4. The zero-order valence-electron chi connectivity index (χ0n) is 13.0. The highest BCUT2D eigenvalue weighted by Crippen LogP contribution is 2.22. The molecule has 5 heteroatoms. The second-order valence-electron chi connectivity index (χ2n) is 4.93. The number of ketones is 1. The van der Waals surface area contributed by atoms with Crippen LogP contribution in [0.3, 0.4) is 0 Å². The van der Waals surface area contributed by atoms with Crippen LogP contribution in [0.5, 0.6) is 5.75 Å². The van der Waals surface area contributed by atoms with Gasteiger partial charge in [0.15, 0.2) is 5.78 Å². The van der Waals surface area contributed by atoms with Crippen LogP contribution in [0, 0.1) is 17.0 Å². The molecule has 0 spiro atoms. The molecular formula is C18H17NO4. The zero-order chi connectivity index (χ0) is 16.8. The van der Waals surface area contributed by atoms with E-state index >= 15 is 0 Å². The summed E-state index contributed by atoms with van der Waals surface area (Å²) in [5.41, 5.74) is 1.54. The first kappa shape index (κ1) is 16.4. The van der Waals surface area contributed by atoms with Crippen molar-refractivity contribution >= 4 is 17.5 Å². The van der Waals surface area contributed by atoms with Crippen LogP contribution < -0.4 is 4.74 Å². The number of nitro benzene ring substituents is 1. The number of carbonyl (C=O) groups is 1. The Hall–Kier alpha value is -2.95. The minimum atomic E-state index is -0.486. The van der Waals surface area contributed by atoms with Crippen LogP contribution in [0.25, 0.3) is 6.08 Å². The molecule has 0 aromatic heterocycles. The summed E-state index contributed by atoms with van der Waals surface area (Å²) in [6, 6.07) is 11.8. The van der Waals surface area contributed by atoms with Crippen molar-refractivity contribution in [2.24, 2.45) is 0 Å². The molecule has 0 N–H and O–H groups in total. The number of hydrogen-bond donors (Lipinski definition) is 0. The van der Waals surface area contributed by atoms with E-state index in [1.807, 2.05) is 31.2 Å². The molecule has 5 nitrogen and oxygen atoms in total. The molecule has 0 aliphatic heterocycles. The van der Waals surface area contributed by atoms with Crippen LogP contribution in [-0.4, -0.2) is 17.3 Å². The van der Waals surface area contributed by atoms with E-state index in [2.05, 4.69) is 0 Å². The van der Waals surface area contributed by atoms with Crippen LogP contribution >= 0.6 is 0 Å². The predicted molar refractivity (Wildman–Crippen MR) is 88.8 cm³/mol. The maximum Gasteiger partial charge on any atom is 0.273 e. The largest absolute Gasteiger partial charge is 0.493 e. The van der Waals surface area contributed by atoms with Crippen molar-refractivity contribution in [3.05, 3.63) is 75.3 Å². The Morgan fingerprint density at radius 2 is 2.00 bits per heavy atom. The number of carbonyl (C=O) groups excluding carboxylic acids is 1. The summed E-state index contributed by atoms with van der Waals surface area (Å²) in [6.07, 6.45) is 3.05. The summed E-state index contributed by atoms with van der Waals surface area (Å²) in [4.78, 5) is 22.7. The van der Waals surface area contributed by atoms with Crippen molar-refractivity contribution in [1.82, 2.24) is 0 Å². The van der Waals surface area contributed by atoms with E-state index in [0.29, 0.717) is 17.9 Å². The van der Waals surface area contributed by atoms with Gasteiger partial charge < -0.3 is 4.74 Å². The van der Waals surface area contributed by atoms with Crippen molar-refractivity contribution in [3.63, 3.8) is 0 Å². The number of nitro groups is 1. The van der Waals surface area contributed by atoms with Gasteiger partial charge in [-0.25, -0.2) is 0 Å². The molecule has 0 aliphatic carbocycles. The van der Waals surface area contributed by atoms with Crippen molar-refractivity contribution < 1.29 is 14.5 Å². The van der Waals surface area contributed by atoms with E-state index in [4.69, 9.17) is 4.74 Å². The van der Waals surface area contributed by atoms with Crippen molar-refractivity contribution in [2.75, 3.05) is 6.61 Å². The second kappa shape index (κ2) is 7.35. The van der Waals surface area contributed by atoms with Gasteiger partial charge in [-0.3, -0.25) is 14.9 Å². The fourth-order valence-electron chi connectivity index (χ4n) is 2.13. The van der Waals surface area contributed by atoms with Crippen molar-refractivity contribution in [2.45, 2.75) is 13.8 Å². The molecule has 0 fully saturated rings. The Kier molecular flexibility index (Phi) is 5.25. The molecule has 0 radical (unpaired) electrons. The molecule has 2 aromatic rings. The molecule has 0 bridgehead atoms. The molecule has 0 heterocycles. The van der Waals surface area contributed by atoms with Gasteiger partial charge in [-0.1, -0.05) is 30.3 Å². The number of nitrogens with zero attached hydrogens (tertiary/aromatic N) is 1. The molecule has 0 saturated heterocycles. The summed E-state index contributed by atoms with van der Waals surface area (Å²) >= 11 is 0. The van der Waals surface area contributed by atoms with Gasteiger partial charge in [0.25, 0.3) is 5.69 Å². The smallest absolute Gasteiger partial charge is 0.273 e. The van der Waals surface area contributed by atoms with Gasteiger partial charge in [0.2, 0.25) is 0 Å². The number of para-hydroxylation sites is 1. The lowest BCUT2D eigenvalue weighted by Gasteiger charge is -2.06. The quantitative estimate of drug-likeness (QED) is 0.347. The van der Waals surface area contributed by atoms with Crippen LogP contribution in [0.1, 0.15) is 28.4 Å². The molecule has 0 atom stereocenters. The summed E-state index contributed by atoms with van der Waals surface area (Å²) in [6.45, 7) is 4.06. The van der Waals surface area contributed by atoms with E-state index in [1.165, 1.54) is 12.1 Å². The average molecular weight is 311 g/mol. The third-order valence-electron chi connectivity index (χ3n) is 3.32. The molecule has 0 saturated carbocycles. The van der Waals surface area contributed by atoms with Gasteiger partial charge in [0.05, 0.1) is 11.5 Å². The van der Waals surface area contributed by atoms with Gasteiger partial charge in [0, 0.05) is 22.8 Å². The lowest BCUT2D eigenvalue weighted by Crippen LogP contribution is -1.99. The molecular weight excluding hydrogens is 294 g/mol. The van der Waals surface area contributed by atoms with Crippen molar-refractivity contribution in [3.8, 4) is 5.75 Å². The van der Waals surface area contributed by atoms with Crippen LogP contribution in [0.15, 0.2) is 48.5 Å². The monoisotopic (exact) mass is 311 g/mol. The maximum absolute atomic E-state index is 12.2. The second-order valence-corrected chi connectivity index (χ2v) is 4.93. The van der Waals surface area contributed by atoms with Gasteiger partial charge >= 0.3 is 0 Å². The molecule has 118 valence electrons. The van der Waals surface area contributed by atoms with Crippen LogP contribution in [-0.2, 0) is 0 Å². The molecule has 0 amide bonds. The average Bonchev–Trinajstić information content (AvgIpc) is 2.54. The first-order chi connectivity index (χ1) is 11.0. The fraction of sp³-hybridized carbons (Fsp3) is 0.167. The summed E-state index contributed by atoms with van der Waals surface area (Å²) in [5, 5.41) is 11.0. The van der Waals surface area contributed by atoms with Crippen LogP contribution in [0.4, 0.5) is 5.69 Å². The minimum Gasteiger partial charge on any atom is -0.493 e. The summed E-state index contributed by atoms with van der Waals surface area (Å²) in [5.74, 6) is 0.397. The van der Waals surface area contributed by atoms with Gasteiger partial charge in [-0.2, -0.15) is 0 Å². The number of aryl methyl sites for hydroxylation is 1. The van der Waals surface area contributed by atoms with Gasteiger partial charge in [-0.05, 0) is 32.1 Å². The van der Waals surface area contributed by atoms with E-state index in [1.54, 1.807) is 25.1 Å². The zero-order valence-corrected chi connectivity index (χ0v) is 13.0. The minimum absolute atomic E-state index is 0.0565. The number of rotatable bonds is 6. The van der Waals surface area contributed by atoms with E-state index in [0.717, 1.165) is 5.56 Å². The van der Waals surface area contributed by atoms with E-state index < -0.39 is 4.92 Å². The fourth-order valence-corrected chi connectivity index (χ4v) is 2.13. The third kappa shape index (κ3) is 4.03. The van der Waals surface area contributed by atoms with Gasteiger partial charge in [0.1, 0.15) is 5.75 Å². The molecule has 2 rings (SSSR count). The Balaban J connectivity index is 2.26. The SMILES string of the molecule is CCOc1ccccc1/C=C/C(=O)c1ccc(C)c([N+](=O)[O-])c1. The highest BCUT2D eigenvalue weighted by Gasteiger charge is 2.13. The lowest BCUT2D eigenvalue weighted by atomic mass is 10.1.